The van der Waals surface area contributed by atoms with Crippen molar-refractivity contribution in [2.24, 2.45) is 0 Å². The van der Waals surface area contributed by atoms with E-state index in [-0.39, 0.29) is 18.4 Å². The molecule has 0 spiro atoms. The number of hydrogen-bond donors (Lipinski definition) is 2. The summed E-state index contributed by atoms with van der Waals surface area (Å²) < 4.78 is 0. The molecule has 1 atom stereocenters. The summed E-state index contributed by atoms with van der Waals surface area (Å²) >= 11 is 0. The molecule has 0 aliphatic carbocycles. The van der Waals surface area contributed by atoms with Crippen molar-refractivity contribution in [3.63, 3.8) is 0 Å². The van der Waals surface area contributed by atoms with Gasteiger partial charge in [0.15, 0.2) is 0 Å². The number of likely N-dealkylation sites (N-methyl/N-ethyl adjacent to an activating group) is 1. The van der Waals surface area contributed by atoms with Crippen LogP contribution in [0.25, 0.3) is 0 Å². The average molecular weight is 270 g/mol. The molecule has 1 fully saturated rings. The minimum atomic E-state index is -0.00273. The topological polar surface area (TPSA) is 44.4 Å². The van der Waals surface area contributed by atoms with E-state index in [0.29, 0.717) is 6.04 Å². The number of anilines is 1. The first-order chi connectivity index (χ1) is 8.20. The van der Waals surface area contributed by atoms with Crippen LogP contribution in [0.15, 0.2) is 24.3 Å². The number of para-hydroxylation sites is 1. The lowest BCUT2D eigenvalue weighted by molar-refractivity contribution is 0.221. The molecule has 100 valence electrons. The highest BCUT2D eigenvalue weighted by Gasteiger charge is 2.25. The first-order valence-corrected chi connectivity index (χ1v) is 5.99. The highest BCUT2D eigenvalue weighted by Crippen LogP contribution is 2.16. The molecule has 1 saturated heterocycles. The molecule has 5 heteroatoms. The molecule has 1 heterocycles. The van der Waals surface area contributed by atoms with E-state index in [2.05, 4.69) is 10.6 Å². The van der Waals surface area contributed by atoms with Crippen molar-refractivity contribution < 1.29 is 4.79 Å². The molecule has 1 aliphatic rings. The Kier molecular flexibility index (Phi) is 5.44. The molecule has 1 aromatic rings. The van der Waals surface area contributed by atoms with Crippen molar-refractivity contribution in [1.82, 2.24) is 10.2 Å². The monoisotopic (exact) mass is 269 g/mol. The lowest BCUT2D eigenvalue weighted by Gasteiger charge is -2.18. The van der Waals surface area contributed by atoms with Crippen molar-refractivity contribution in [3.8, 4) is 0 Å². The minimum absolute atomic E-state index is 0. The van der Waals surface area contributed by atoms with Gasteiger partial charge in [0.2, 0.25) is 0 Å². The maximum Gasteiger partial charge on any atom is 0.321 e. The minimum Gasteiger partial charge on any atom is -0.323 e. The number of rotatable bonds is 2. The number of halogens is 1. The maximum absolute atomic E-state index is 12.0. The molecule has 4 nitrogen and oxygen atoms in total. The molecule has 1 aromatic carbocycles. The highest BCUT2D eigenvalue weighted by molar-refractivity contribution is 5.90. The summed E-state index contributed by atoms with van der Waals surface area (Å²) in [5.41, 5.74) is 1.98. The quantitative estimate of drug-likeness (QED) is 0.865. The molecule has 0 radical (unpaired) electrons. The van der Waals surface area contributed by atoms with Crippen molar-refractivity contribution in [2.45, 2.75) is 19.4 Å². The normalized spacial score (nSPS) is 18.3. The molecule has 0 aromatic heterocycles. The number of hydrogen-bond acceptors (Lipinski definition) is 2. The SMILES string of the molecule is CN[C@H]1CCN(C(=O)Nc2ccccc2C)C1.Cl. The molecule has 0 saturated carbocycles. The van der Waals surface area contributed by atoms with E-state index in [0.717, 1.165) is 30.8 Å². The molecule has 18 heavy (non-hydrogen) atoms. The van der Waals surface area contributed by atoms with E-state index >= 15 is 0 Å². The summed E-state index contributed by atoms with van der Waals surface area (Å²) in [5, 5.41) is 6.16. The van der Waals surface area contributed by atoms with E-state index in [4.69, 9.17) is 0 Å². The average Bonchev–Trinajstić information content (AvgIpc) is 2.81. The van der Waals surface area contributed by atoms with Crippen LogP contribution >= 0.6 is 12.4 Å². The zero-order valence-corrected chi connectivity index (χ0v) is 11.6. The lowest BCUT2D eigenvalue weighted by atomic mass is 10.2. The van der Waals surface area contributed by atoms with Gasteiger partial charge in [0.05, 0.1) is 0 Å². The fourth-order valence-electron chi connectivity index (χ4n) is 2.09. The molecule has 2 N–H and O–H groups in total. The number of nitrogens with one attached hydrogen (secondary N) is 2. The first kappa shape index (κ1) is 14.8. The van der Waals surface area contributed by atoms with Crippen LogP contribution in [0.3, 0.4) is 0 Å². The summed E-state index contributed by atoms with van der Waals surface area (Å²) in [7, 11) is 1.94. The number of amides is 2. The van der Waals surface area contributed by atoms with Crippen LogP contribution in [0.1, 0.15) is 12.0 Å². The van der Waals surface area contributed by atoms with E-state index < -0.39 is 0 Å². The second-order valence-corrected chi connectivity index (χ2v) is 4.47. The van der Waals surface area contributed by atoms with Gasteiger partial charge in [-0.25, -0.2) is 4.79 Å². The summed E-state index contributed by atoms with van der Waals surface area (Å²) in [6.07, 6.45) is 1.03. The van der Waals surface area contributed by atoms with Crippen molar-refractivity contribution in [3.05, 3.63) is 29.8 Å². The Labute approximate surface area is 114 Å². The summed E-state index contributed by atoms with van der Waals surface area (Å²) in [6.45, 7) is 3.60. The summed E-state index contributed by atoms with van der Waals surface area (Å²) in [6, 6.07) is 8.25. The van der Waals surface area contributed by atoms with Crippen LogP contribution < -0.4 is 10.6 Å². The van der Waals surface area contributed by atoms with Crippen LogP contribution in [-0.2, 0) is 0 Å². The Hall–Kier alpha value is -1.26. The smallest absolute Gasteiger partial charge is 0.321 e. The summed E-state index contributed by atoms with van der Waals surface area (Å²) in [5.74, 6) is 0. The Bertz CT molecular complexity index is 411. The molecular weight excluding hydrogens is 250 g/mol. The van der Waals surface area contributed by atoms with Crippen LogP contribution in [0, 0.1) is 6.92 Å². The van der Waals surface area contributed by atoms with Gasteiger partial charge in [0.25, 0.3) is 0 Å². The van der Waals surface area contributed by atoms with Gasteiger partial charge in [0.1, 0.15) is 0 Å². The third-order valence-corrected chi connectivity index (χ3v) is 3.27. The Morgan fingerprint density at radius 1 is 1.39 bits per heavy atom. The van der Waals surface area contributed by atoms with Crippen molar-refractivity contribution >= 4 is 24.1 Å². The number of benzene rings is 1. The second kappa shape index (κ2) is 6.61. The van der Waals surface area contributed by atoms with Crippen LogP contribution in [0.4, 0.5) is 10.5 Å². The maximum atomic E-state index is 12.0. The number of carbonyl (C=O) groups is 1. The van der Waals surface area contributed by atoms with Crippen LogP contribution in [0.5, 0.6) is 0 Å². The van der Waals surface area contributed by atoms with Gasteiger partial charge >= 0.3 is 6.03 Å². The third-order valence-electron chi connectivity index (χ3n) is 3.27. The largest absolute Gasteiger partial charge is 0.323 e. The van der Waals surface area contributed by atoms with E-state index in [1.54, 1.807) is 0 Å². The number of urea groups is 1. The van der Waals surface area contributed by atoms with Gasteiger partial charge in [-0.15, -0.1) is 12.4 Å². The lowest BCUT2D eigenvalue weighted by Crippen LogP contribution is -2.36. The fraction of sp³-hybridized carbons (Fsp3) is 0.462. The third kappa shape index (κ3) is 3.37. The zero-order valence-electron chi connectivity index (χ0n) is 10.8. The fourth-order valence-corrected chi connectivity index (χ4v) is 2.09. The summed E-state index contributed by atoms with van der Waals surface area (Å²) in [4.78, 5) is 13.9. The van der Waals surface area contributed by atoms with Crippen LogP contribution in [0.2, 0.25) is 0 Å². The number of likely N-dealkylation sites (tertiary alicyclic amines) is 1. The second-order valence-electron chi connectivity index (χ2n) is 4.47. The van der Waals surface area contributed by atoms with Gasteiger partial charge in [-0.05, 0) is 32.0 Å². The predicted octanol–water partition coefficient (Wildman–Crippen LogP) is 2.24. The Balaban J connectivity index is 0.00000162. The first-order valence-electron chi connectivity index (χ1n) is 5.99. The molecule has 0 bridgehead atoms. The standard InChI is InChI=1S/C13H19N3O.ClH/c1-10-5-3-4-6-12(10)15-13(17)16-8-7-11(9-16)14-2;/h3-6,11,14H,7-9H2,1-2H3,(H,15,17);1H/t11-;/m0./s1. The molecule has 2 amide bonds. The number of aryl methyl sites for hydroxylation is 1. The van der Waals surface area contributed by atoms with E-state index in [1.807, 2.05) is 43.1 Å². The Morgan fingerprint density at radius 3 is 2.72 bits per heavy atom. The van der Waals surface area contributed by atoms with Gasteiger partial charge in [-0.3, -0.25) is 0 Å². The van der Waals surface area contributed by atoms with E-state index in [1.165, 1.54) is 0 Å². The van der Waals surface area contributed by atoms with Crippen molar-refractivity contribution in [2.75, 3.05) is 25.5 Å². The Morgan fingerprint density at radius 2 is 2.11 bits per heavy atom. The highest BCUT2D eigenvalue weighted by atomic mass is 35.5. The van der Waals surface area contributed by atoms with Gasteiger partial charge in [-0.1, -0.05) is 18.2 Å². The number of carbonyl (C=O) groups excluding carboxylic acids is 1. The molecule has 0 unspecified atom stereocenters. The molecule has 2 rings (SSSR count). The predicted molar refractivity (Wildman–Crippen MR) is 76.5 cm³/mol. The van der Waals surface area contributed by atoms with Gasteiger partial charge in [-0.2, -0.15) is 0 Å². The van der Waals surface area contributed by atoms with E-state index in [9.17, 15) is 4.79 Å². The molecule has 1 aliphatic heterocycles. The van der Waals surface area contributed by atoms with Crippen molar-refractivity contribution in [1.29, 1.82) is 0 Å². The molecular formula is C13H20ClN3O. The number of nitrogens with zero attached hydrogens (tertiary/aromatic N) is 1. The zero-order chi connectivity index (χ0) is 12.3. The van der Waals surface area contributed by atoms with Crippen LogP contribution in [-0.4, -0.2) is 37.1 Å². The van der Waals surface area contributed by atoms with Gasteiger partial charge in [0, 0.05) is 24.8 Å². The van der Waals surface area contributed by atoms with Gasteiger partial charge < -0.3 is 15.5 Å².